The highest BCUT2D eigenvalue weighted by Gasteiger charge is 2.21. The van der Waals surface area contributed by atoms with Gasteiger partial charge in [-0.15, -0.1) is 0 Å². The summed E-state index contributed by atoms with van der Waals surface area (Å²) in [7, 11) is 0. The lowest BCUT2D eigenvalue weighted by molar-refractivity contribution is -0.138. The van der Waals surface area contributed by atoms with Gasteiger partial charge in [-0.3, -0.25) is 0 Å². The number of unbranched alkanes of at least 4 members (excludes halogenated alkanes) is 1. The van der Waals surface area contributed by atoms with Gasteiger partial charge in [0.1, 0.15) is 17.9 Å². The fourth-order valence-electron chi connectivity index (χ4n) is 4.02. The number of aromatic nitrogens is 3. The van der Waals surface area contributed by atoms with E-state index in [4.69, 9.17) is 10.2 Å². The van der Waals surface area contributed by atoms with Gasteiger partial charge >= 0.3 is 5.97 Å². The molecule has 0 radical (unpaired) electrons. The van der Waals surface area contributed by atoms with Crippen molar-refractivity contribution in [2.75, 3.05) is 36.8 Å². The number of carboxylic acid groups (broad SMARTS) is 1. The first-order valence-electron chi connectivity index (χ1n) is 11.9. The van der Waals surface area contributed by atoms with E-state index in [2.05, 4.69) is 26.7 Å². The second-order valence-electron chi connectivity index (χ2n) is 8.51. The number of alkyl halides is 2. The van der Waals surface area contributed by atoms with E-state index < -0.39 is 18.4 Å². The van der Waals surface area contributed by atoms with Crippen molar-refractivity contribution in [3.63, 3.8) is 0 Å². The lowest BCUT2D eigenvalue weighted by atomic mass is 10.1. The molecule has 2 aromatic rings. The Bertz CT molecular complexity index is 1020. The number of hydrogen-bond acceptors (Lipinski definition) is 8. The first kappa shape index (κ1) is 26.2. The molecular formula is C24H31F2N7O2. The van der Waals surface area contributed by atoms with Gasteiger partial charge in [0, 0.05) is 44.1 Å². The van der Waals surface area contributed by atoms with Gasteiger partial charge in [0.05, 0.1) is 0 Å². The second kappa shape index (κ2) is 13.5. The minimum atomic E-state index is -2.42. The molecule has 1 atom stereocenters. The monoisotopic (exact) mass is 487 g/mol. The number of nitrogens with zero attached hydrogens (tertiary/aromatic N) is 5. The zero-order chi connectivity index (χ0) is 25.0. The van der Waals surface area contributed by atoms with E-state index in [0.717, 1.165) is 50.2 Å². The minimum absolute atomic E-state index is 0.000654. The van der Waals surface area contributed by atoms with Gasteiger partial charge in [-0.05, 0) is 56.7 Å². The normalized spacial score (nSPS) is 13.7. The first-order valence-corrected chi connectivity index (χ1v) is 11.9. The maximum atomic E-state index is 12.8. The summed E-state index contributed by atoms with van der Waals surface area (Å²) in [6.07, 6.45) is 4.76. The van der Waals surface area contributed by atoms with Crippen LogP contribution in [0.4, 0.5) is 20.4 Å². The summed E-state index contributed by atoms with van der Waals surface area (Å²) in [5, 5.41) is 24.8. The van der Waals surface area contributed by atoms with E-state index >= 15 is 0 Å². The Labute approximate surface area is 203 Å². The number of nitrogens with one attached hydrogen (secondary N) is 2. The molecule has 1 unspecified atom stereocenters. The lowest BCUT2D eigenvalue weighted by Gasteiger charge is -2.24. The van der Waals surface area contributed by atoms with Crippen molar-refractivity contribution in [3.8, 4) is 6.07 Å². The number of carbonyl (C=O) groups is 1. The second-order valence-corrected chi connectivity index (χ2v) is 8.51. The number of aliphatic carboxylic acids is 1. The van der Waals surface area contributed by atoms with Crippen LogP contribution in [0.25, 0.3) is 0 Å². The van der Waals surface area contributed by atoms with Gasteiger partial charge in [0.25, 0.3) is 0 Å². The van der Waals surface area contributed by atoms with Crippen LogP contribution in [0.1, 0.15) is 49.1 Å². The van der Waals surface area contributed by atoms with E-state index in [-0.39, 0.29) is 30.9 Å². The van der Waals surface area contributed by atoms with Crippen LogP contribution >= 0.6 is 0 Å². The molecule has 9 nitrogen and oxygen atoms in total. The topological polar surface area (TPSA) is 127 Å². The molecule has 188 valence electrons. The summed E-state index contributed by atoms with van der Waals surface area (Å²) >= 11 is 0. The van der Waals surface area contributed by atoms with Crippen molar-refractivity contribution in [2.45, 2.75) is 57.4 Å². The molecule has 3 N–H and O–H groups in total. The number of halogens is 2. The molecule has 0 aliphatic carbocycles. The fourth-order valence-corrected chi connectivity index (χ4v) is 4.02. The van der Waals surface area contributed by atoms with Crippen molar-refractivity contribution >= 4 is 17.6 Å². The predicted octanol–water partition coefficient (Wildman–Crippen LogP) is 3.34. The molecule has 0 spiro atoms. The number of anilines is 2. The molecule has 1 aliphatic heterocycles. The smallest absolute Gasteiger partial charge is 0.326 e. The van der Waals surface area contributed by atoms with Crippen LogP contribution in [0, 0.1) is 11.3 Å². The Balaban J connectivity index is 1.51. The number of fused-ring (bicyclic) bond motifs is 1. The first-order chi connectivity index (χ1) is 17.0. The number of carboxylic acids is 1. The minimum Gasteiger partial charge on any atom is -0.480 e. The molecule has 0 bridgehead atoms. The molecule has 0 aromatic carbocycles. The largest absolute Gasteiger partial charge is 0.480 e. The Hall–Kier alpha value is -3.39. The van der Waals surface area contributed by atoms with Crippen molar-refractivity contribution in [3.05, 3.63) is 41.5 Å². The Morgan fingerprint density at radius 3 is 2.77 bits per heavy atom. The van der Waals surface area contributed by atoms with E-state index in [1.54, 1.807) is 0 Å². The van der Waals surface area contributed by atoms with Crippen LogP contribution in [0.5, 0.6) is 0 Å². The van der Waals surface area contributed by atoms with E-state index in [1.165, 1.54) is 18.0 Å². The summed E-state index contributed by atoms with van der Waals surface area (Å²) in [5.41, 5.74) is 2.24. The van der Waals surface area contributed by atoms with Crippen molar-refractivity contribution in [1.29, 1.82) is 5.26 Å². The van der Waals surface area contributed by atoms with Gasteiger partial charge in [-0.1, -0.05) is 6.07 Å². The molecule has 35 heavy (non-hydrogen) atoms. The summed E-state index contributed by atoms with van der Waals surface area (Å²) < 4.78 is 25.7. The van der Waals surface area contributed by atoms with Crippen molar-refractivity contribution in [2.24, 2.45) is 0 Å². The number of pyridine rings is 1. The Morgan fingerprint density at radius 1 is 1.20 bits per heavy atom. The standard InChI is InChI=1S/C24H31F2N7O2/c25-21(26)9-15-33(13-2-1-5-18-7-6-17-4-3-10-29-22(17)31-18)14-8-19(24(34)35)32-23-20(16-27)28-11-12-30-23/h6-7,11-12,19,21H,1-5,8-10,13-15H2,(H,29,31)(H,30,32)(H,34,35). The van der Waals surface area contributed by atoms with Gasteiger partial charge < -0.3 is 20.6 Å². The third kappa shape index (κ3) is 8.40. The summed E-state index contributed by atoms with van der Waals surface area (Å²) in [6, 6.07) is 5.01. The maximum Gasteiger partial charge on any atom is 0.326 e. The fraction of sp³-hybridized carbons (Fsp3) is 0.542. The molecule has 3 heterocycles. The van der Waals surface area contributed by atoms with Crippen molar-refractivity contribution < 1.29 is 18.7 Å². The zero-order valence-corrected chi connectivity index (χ0v) is 19.6. The van der Waals surface area contributed by atoms with Crippen LogP contribution in [0.2, 0.25) is 0 Å². The lowest BCUT2D eigenvalue weighted by Crippen LogP contribution is -2.36. The third-order valence-corrected chi connectivity index (χ3v) is 5.92. The predicted molar refractivity (Wildman–Crippen MR) is 127 cm³/mol. The van der Waals surface area contributed by atoms with Gasteiger partial charge in [0.2, 0.25) is 6.43 Å². The Kier molecular flexibility index (Phi) is 10.1. The summed E-state index contributed by atoms with van der Waals surface area (Å²) in [6.45, 7) is 2.01. The average Bonchev–Trinajstić information content (AvgIpc) is 2.86. The van der Waals surface area contributed by atoms with Gasteiger partial charge in [0.15, 0.2) is 11.5 Å². The highest BCUT2D eigenvalue weighted by molar-refractivity contribution is 5.77. The number of aryl methyl sites for hydroxylation is 2. The van der Waals surface area contributed by atoms with E-state index in [0.29, 0.717) is 13.1 Å². The van der Waals surface area contributed by atoms with Crippen LogP contribution < -0.4 is 10.6 Å². The molecule has 0 amide bonds. The van der Waals surface area contributed by atoms with Crippen LogP contribution in [-0.4, -0.2) is 69.6 Å². The van der Waals surface area contributed by atoms with Crippen LogP contribution in [0.15, 0.2) is 24.5 Å². The summed E-state index contributed by atoms with van der Waals surface area (Å²) in [4.78, 5) is 26.2. The third-order valence-electron chi connectivity index (χ3n) is 5.92. The molecule has 11 heteroatoms. The molecule has 3 rings (SSSR count). The SMILES string of the molecule is N#Cc1nccnc1NC(CCN(CCCCc1ccc2c(n1)NCCC2)CCC(F)F)C(=O)O. The number of rotatable bonds is 14. The van der Waals surface area contributed by atoms with Gasteiger partial charge in [-0.2, -0.15) is 5.26 Å². The molecular weight excluding hydrogens is 456 g/mol. The molecule has 1 aliphatic rings. The number of hydrogen-bond donors (Lipinski definition) is 3. The highest BCUT2D eigenvalue weighted by atomic mass is 19.3. The van der Waals surface area contributed by atoms with E-state index in [9.17, 15) is 18.7 Å². The molecule has 0 fully saturated rings. The van der Waals surface area contributed by atoms with Crippen LogP contribution in [0.3, 0.4) is 0 Å². The van der Waals surface area contributed by atoms with E-state index in [1.807, 2.05) is 17.0 Å². The molecule has 0 saturated carbocycles. The average molecular weight is 488 g/mol. The molecule has 0 saturated heterocycles. The zero-order valence-electron chi connectivity index (χ0n) is 19.6. The van der Waals surface area contributed by atoms with Crippen molar-refractivity contribution in [1.82, 2.24) is 19.9 Å². The van der Waals surface area contributed by atoms with Gasteiger partial charge in [-0.25, -0.2) is 28.5 Å². The number of nitriles is 1. The highest BCUT2D eigenvalue weighted by Crippen LogP contribution is 2.20. The quantitative estimate of drug-likeness (QED) is 0.344. The maximum absolute atomic E-state index is 12.8. The van der Waals surface area contributed by atoms with Crippen LogP contribution in [-0.2, 0) is 17.6 Å². The molecule has 2 aromatic heterocycles. The summed E-state index contributed by atoms with van der Waals surface area (Å²) in [5.74, 6) is -0.0591. The Morgan fingerprint density at radius 2 is 2.00 bits per heavy atom.